The van der Waals surface area contributed by atoms with E-state index < -0.39 is 0 Å². The van der Waals surface area contributed by atoms with Crippen LogP contribution in [0.25, 0.3) is 0 Å². The van der Waals surface area contributed by atoms with E-state index >= 15 is 0 Å². The average molecular weight is 526 g/mol. The van der Waals surface area contributed by atoms with E-state index in [1.54, 1.807) is 0 Å². The van der Waals surface area contributed by atoms with Gasteiger partial charge in [-0.25, -0.2) is 0 Å². The molecule has 0 bridgehead atoms. The molecule has 2 unspecified atom stereocenters. The lowest BCUT2D eigenvalue weighted by Crippen LogP contribution is -2.46. The molecule has 1 aromatic heterocycles. The third-order valence-corrected chi connectivity index (χ3v) is 5.45. The second kappa shape index (κ2) is 12.3. The van der Waals surface area contributed by atoms with Crippen molar-refractivity contribution >= 4 is 29.9 Å². The average Bonchev–Trinajstić information content (AvgIpc) is 3.17. The standard InChI is InChI=1S/C23H34N4O2.HI/c1-17-6-5-7-20(14-17)18(2)15-25-23(24-4)26-16-21(22-9-8-19(3)29-22)27-10-12-28-13-11-27;/h5-9,14,18,21H,10-13,15-16H2,1-4H3,(H2,24,25,26);1H. The fourth-order valence-electron chi connectivity index (χ4n) is 3.69. The molecule has 3 rings (SSSR count). The van der Waals surface area contributed by atoms with Crippen molar-refractivity contribution in [2.75, 3.05) is 46.4 Å². The van der Waals surface area contributed by atoms with Gasteiger partial charge in [0, 0.05) is 33.2 Å². The van der Waals surface area contributed by atoms with Gasteiger partial charge in [0.05, 0.1) is 19.3 Å². The zero-order valence-corrected chi connectivity index (χ0v) is 20.8. The molecule has 1 saturated heterocycles. The van der Waals surface area contributed by atoms with Crippen LogP contribution in [-0.4, -0.2) is 57.3 Å². The number of nitrogens with one attached hydrogen (secondary N) is 2. The number of furan rings is 1. The first-order chi connectivity index (χ1) is 14.1. The summed E-state index contributed by atoms with van der Waals surface area (Å²) >= 11 is 0. The van der Waals surface area contributed by atoms with Gasteiger partial charge in [-0.05, 0) is 37.5 Å². The molecule has 2 atom stereocenters. The summed E-state index contributed by atoms with van der Waals surface area (Å²) in [6.07, 6.45) is 0. The first-order valence-corrected chi connectivity index (χ1v) is 10.5. The number of halogens is 1. The molecule has 1 aliphatic heterocycles. The molecule has 6 nitrogen and oxygen atoms in total. The first kappa shape index (κ1) is 24.7. The summed E-state index contributed by atoms with van der Waals surface area (Å²) in [7, 11) is 1.81. The minimum Gasteiger partial charge on any atom is -0.465 e. The fourth-order valence-corrected chi connectivity index (χ4v) is 3.69. The van der Waals surface area contributed by atoms with Gasteiger partial charge >= 0.3 is 0 Å². The van der Waals surface area contributed by atoms with E-state index in [9.17, 15) is 0 Å². The largest absolute Gasteiger partial charge is 0.465 e. The summed E-state index contributed by atoms with van der Waals surface area (Å²) in [5.74, 6) is 3.13. The minimum atomic E-state index is 0. The molecule has 30 heavy (non-hydrogen) atoms. The Kier molecular flexibility index (Phi) is 10.1. The Morgan fingerprint density at radius 3 is 2.47 bits per heavy atom. The van der Waals surface area contributed by atoms with Crippen LogP contribution in [0.2, 0.25) is 0 Å². The monoisotopic (exact) mass is 526 g/mol. The van der Waals surface area contributed by atoms with Crippen molar-refractivity contribution in [3.63, 3.8) is 0 Å². The number of morpholine rings is 1. The highest BCUT2D eigenvalue weighted by Crippen LogP contribution is 2.23. The van der Waals surface area contributed by atoms with Gasteiger partial charge in [0.25, 0.3) is 0 Å². The van der Waals surface area contributed by atoms with Crippen molar-refractivity contribution in [3.05, 3.63) is 59.0 Å². The number of hydrogen-bond donors (Lipinski definition) is 2. The lowest BCUT2D eigenvalue weighted by molar-refractivity contribution is 0.0124. The number of aryl methyl sites for hydroxylation is 2. The second-order valence-corrected chi connectivity index (χ2v) is 7.76. The molecule has 2 N–H and O–H groups in total. The molecule has 1 aliphatic rings. The topological polar surface area (TPSA) is 62.0 Å². The van der Waals surface area contributed by atoms with Crippen molar-refractivity contribution in [3.8, 4) is 0 Å². The smallest absolute Gasteiger partial charge is 0.191 e. The van der Waals surface area contributed by atoms with E-state index in [0.29, 0.717) is 5.92 Å². The van der Waals surface area contributed by atoms with E-state index in [-0.39, 0.29) is 30.0 Å². The highest BCUT2D eigenvalue weighted by Gasteiger charge is 2.25. The first-order valence-electron chi connectivity index (χ1n) is 10.5. The van der Waals surface area contributed by atoms with Crippen molar-refractivity contribution in [2.45, 2.75) is 32.7 Å². The molecular weight excluding hydrogens is 491 g/mol. The van der Waals surface area contributed by atoms with Crippen molar-refractivity contribution in [1.29, 1.82) is 0 Å². The van der Waals surface area contributed by atoms with Crippen LogP contribution in [0.15, 0.2) is 45.8 Å². The van der Waals surface area contributed by atoms with Gasteiger partial charge in [0.15, 0.2) is 5.96 Å². The normalized spacial score (nSPS) is 17.1. The van der Waals surface area contributed by atoms with E-state index in [4.69, 9.17) is 9.15 Å². The number of ether oxygens (including phenoxy) is 1. The molecular formula is C23H35IN4O2. The molecule has 0 radical (unpaired) electrons. The van der Waals surface area contributed by atoms with Gasteiger partial charge in [-0.1, -0.05) is 36.8 Å². The van der Waals surface area contributed by atoms with Crippen LogP contribution in [0.5, 0.6) is 0 Å². The third-order valence-electron chi connectivity index (χ3n) is 5.45. The van der Waals surface area contributed by atoms with Crippen molar-refractivity contribution in [1.82, 2.24) is 15.5 Å². The van der Waals surface area contributed by atoms with Crippen molar-refractivity contribution in [2.24, 2.45) is 4.99 Å². The van der Waals surface area contributed by atoms with Gasteiger partial charge in [0.1, 0.15) is 11.5 Å². The maximum absolute atomic E-state index is 5.95. The summed E-state index contributed by atoms with van der Waals surface area (Å²) in [6, 6.07) is 12.9. The van der Waals surface area contributed by atoms with Gasteiger partial charge in [0.2, 0.25) is 0 Å². The summed E-state index contributed by atoms with van der Waals surface area (Å²) in [6.45, 7) is 11.2. The fraction of sp³-hybridized carbons (Fsp3) is 0.522. The quantitative estimate of drug-likeness (QED) is 0.326. The number of nitrogens with zero attached hydrogens (tertiary/aromatic N) is 2. The highest BCUT2D eigenvalue weighted by atomic mass is 127. The number of aliphatic imine (C=N–C) groups is 1. The van der Waals surface area contributed by atoms with Gasteiger partial charge in [-0.15, -0.1) is 24.0 Å². The Morgan fingerprint density at radius 1 is 1.10 bits per heavy atom. The summed E-state index contributed by atoms with van der Waals surface area (Å²) in [5.41, 5.74) is 2.63. The summed E-state index contributed by atoms with van der Waals surface area (Å²) < 4.78 is 11.5. The predicted molar refractivity (Wildman–Crippen MR) is 133 cm³/mol. The highest BCUT2D eigenvalue weighted by molar-refractivity contribution is 14.0. The van der Waals surface area contributed by atoms with Gasteiger partial charge in [-0.3, -0.25) is 9.89 Å². The van der Waals surface area contributed by atoms with Crippen LogP contribution in [0.3, 0.4) is 0 Å². The number of benzene rings is 1. The molecule has 0 spiro atoms. The Bertz CT molecular complexity index is 802. The lowest BCUT2D eigenvalue weighted by Gasteiger charge is -2.33. The number of guanidine groups is 1. The van der Waals surface area contributed by atoms with E-state index in [1.165, 1.54) is 11.1 Å². The Hall–Kier alpha value is -1.58. The SMILES string of the molecule is CN=C(NCC(C)c1cccc(C)c1)NCC(c1ccc(C)o1)N1CCOCC1.I. The molecule has 1 aromatic carbocycles. The van der Waals surface area contributed by atoms with Crippen LogP contribution in [0, 0.1) is 13.8 Å². The minimum absolute atomic E-state index is 0. The zero-order valence-electron chi connectivity index (χ0n) is 18.5. The van der Waals surface area contributed by atoms with E-state index in [1.807, 2.05) is 20.0 Å². The molecule has 2 heterocycles. The van der Waals surface area contributed by atoms with Gasteiger partial charge < -0.3 is 19.8 Å². The summed E-state index contributed by atoms with van der Waals surface area (Å²) in [5, 5.41) is 6.96. The Morgan fingerprint density at radius 2 is 1.83 bits per heavy atom. The molecule has 0 amide bonds. The molecule has 1 fully saturated rings. The molecule has 7 heteroatoms. The maximum Gasteiger partial charge on any atom is 0.191 e. The molecule has 166 valence electrons. The van der Waals surface area contributed by atoms with E-state index in [0.717, 1.165) is 56.9 Å². The predicted octanol–water partition coefficient (Wildman–Crippen LogP) is 3.86. The maximum atomic E-state index is 5.95. The Balaban J connectivity index is 0.00000320. The molecule has 0 saturated carbocycles. The number of hydrogen-bond acceptors (Lipinski definition) is 4. The molecule has 0 aliphatic carbocycles. The van der Waals surface area contributed by atoms with Crippen LogP contribution in [0.1, 0.15) is 41.5 Å². The van der Waals surface area contributed by atoms with Crippen LogP contribution in [-0.2, 0) is 4.74 Å². The van der Waals surface area contributed by atoms with E-state index in [2.05, 4.69) is 64.7 Å². The summed E-state index contributed by atoms with van der Waals surface area (Å²) in [4.78, 5) is 6.82. The lowest BCUT2D eigenvalue weighted by atomic mass is 9.99. The van der Waals surface area contributed by atoms with Gasteiger partial charge in [-0.2, -0.15) is 0 Å². The molecule has 2 aromatic rings. The zero-order chi connectivity index (χ0) is 20.6. The number of rotatable bonds is 7. The van der Waals surface area contributed by atoms with Crippen molar-refractivity contribution < 1.29 is 9.15 Å². The Labute approximate surface area is 197 Å². The van der Waals surface area contributed by atoms with Crippen LogP contribution < -0.4 is 10.6 Å². The van der Waals surface area contributed by atoms with Crippen LogP contribution >= 0.6 is 24.0 Å². The second-order valence-electron chi connectivity index (χ2n) is 7.76. The van der Waals surface area contributed by atoms with Crippen LogP contribution in [0.4, 0.5) is 0 Å². The third kappa shape index (κ3) is 6.99.